The largest absolute Gasteiger partial charge is 0.497 e. The third-order valence-corrected chi connectivity index (χ3v) is 6.95. The molecular formula is C28H35N3O6. The lowest BCUT2D eigenvalue weighted by Gasteiger charge is -2.30. The Labute approximate surface area is 216 Å². The SMILES string of the molecule is COc1ccc(C[C@H](NC(=O)[C@H]2NCCC[C@@H]2O)C(=O)N[C@@H](Cc2ccccc2)C(=O)[C@@]2(C)CO2)cc1. The molecule has 0 radical (unpaired) electrons. The summed E-state index contributed by atoms with van der Waals surface area (Å²) < 4.78 is 10.6. The molecule has 2 heterocycles. The number of hydrogen-bond acceptors (Lipinski definition) is 7. The van der Waals surface area contributed by atoms with E-state index in [1.54, 1.807) is 26.2 Å². The van der Waals surface area contributed by atoms with Gasteiger partial charge in [0, 0.05) is 6.42 Å². The molecule has 2 saturated heterocycles. The van der Waals surface area contributed by atoms with Gasteiger partial charge < -0.3 is 30.5 Å². The predicted molar refractivity (Wildman–Crippen MR) is 137 cm³/mol. The highest BCUT2D eigenvalue weighted by Crippen LogP contribution is 2.29. The van der Waals surface area contributed by atoms with Crippen LogP contribution in [0.1, 0.15) is 30.9 Å². The fourth-order valence-electron chi connectivity index (χ4n) is 4.56. The molecule has 2 aliphatic rings. The molecular weight excluding hydrogens is 474 g/mol. The Balaban J connectivity index is 1.54. The van der Waals surface area contributed by atoms with E-state index < -0.39 is 41.6 Å². The van der Waals surface area contributed by atoms with Crippen LogP contribution < -0.4 is 20.7 Å². The van der Waals surface area contributed by atoms with Crippen molar-refractivity contribution >= 4 is 17.6 Å². The molecule has 0 saturated carbocycles. The molecule has 37 heavy (non-hydrogen) atoms. The third kappa shape index (κ3) is 6.94. The van der Waals surface area contributed by atoms with Crippen LogP contribution in [0.4, 0.5) is 0 Å². The number of epoxide rings is 1. The molecule has 0 unspecified atom stereocenters. The maximum absolute atomic E-state index is 13.6. The van der Waals surface area contributed by atoms with Gasteiger partial charge in [-0.2, -0.15) is 0 Å². The smallest absolute Gasteiger partial charge is 0.243 e. The number of hydrogen-bond donors (Lipinski definition) is 4. The van der Waals surface area contributed by atoms with Crippen LogP contribution in [0.2, 0.25) is 0 Å². The van der Waals surface area contributed by atoms with Gasteiger partial charge in [-0.1, -0.05) is 42.5 Å². The number of amides is 2. The van der Waals surface area contributed by atoms with Crippen LogP contribution >= 0.6 is 0 Å². The number of benzene rings is 2. The van der Waals surface area contributed by atoms with Gasteiger partial charge in [-0.3, -0.25) is 14.4 Å². The first kappa shape index (κ1) is 26.8. The zero-order valence-electron chi connectivity index (χ0n) is 21.2. The van der Waals surface area contributed by atoms with Crippen molar-refractivity contribution in [2.75, 3.05) is 20.3 Å². The van der Waals surface area contributed by atoms with Crippen LogP contribution in [0.3, 0.4) is 0 Å². The highest BCUT2D eigenvalue weighted by Gasteiger charge is 2.50. The second-order valence-corrected chi connectivity index (χ2v) is 9.89. The summed E-state index contributed by atoms with van der Waals surface area (Å²) in [5.41, 5.74) is 0.787. The Hall–Kier alpha value is -3.27. The molecule has 2 fully saturated rings. The van der Waals surface area contributed by atoms with Crippen molar-refractivity contribution in [3.8, 4) is 5.75 Å². The molecule has 2 aliphatic heterocycles. The van der Waals surface area contributed by atoms with Crippen molar-refractivity contribution < 1.29 is 29.0 Å². The molecule has 4 rings (SSSR count). The Bertz CT molecular complexity index is 1090. The van der Waals surface area contributed by atoms with Gasteiger partial charge in [0.15, 0.2) is 5.78 Å². The van der Waals surface area contributed by atoms with Gasteiger partial charge in [-0.15, -0.1) is 0 Å². The van der Waals surface area contributed by atoms with Crippen LogP contribution in [0.5, 0.6) is 5.75 Å². The van der Waals surface area contributed by atoms with E-state index in [0.717, 1.165) is 17.5 Å². The fourth-order valence-corrected chi connectivity index (χ4v) is 4.56. The lowest BCUT2D eigenvalue weighted by atomic mass is 9.94. The number of carbonyl (C=O) groups excluding carboxylic acids is 3. The van der Waals surface area contributed by atoms with Crippen LogP contribution in [0, 0.1) is 0 Å². The number of nitrogens with one attached hydrogen (secondary N) is 3. The summed E-state index contributed by atoms with van der Waals surface area (Å²) >= 11 is 0. The quantitative estimate of drug-likeness (QED) is 0.332. The Morgan fingerprint density at radius 3 is 2.32 bits per heavy atom. The molecule has 4 N–H and O–H groups in total. The van der Waals surface area contributed by atoms with E-state index in [0.29, 0.717) is 31.7 Å². The fraction of sp³-hybridized carbons (Fsp3) is 0.464. The van der Waals surface area contributed by atoms with Gasteiger partial charge in [0.1, 0.15) is 23.4 Å². The van der Waals surface area contributed by atoms with E-state index in [1.807, 2.05) is 42.5 Å². The summed E-state index contributed by atoms with van der Waals surface area (Å²) in [7, 11) is 1.57. The van der Waals surface area contributed by atoms with Crippen LogP contribution in [-0.2, 0) is 32.0 Å². The molecule has 9 nitrogen and oxygen atoms in total. The van der Waals surface area contributed by atoms with E-state index in [9.17, 15) is 19.5 Å². The molecule has 5 atom stereocenters. The number of piperidine rings is 1. The summed E-state index contributed by atoms with van der Waals surface area (Å²) in [6, 6.07) is 14.1. The minimum absolute atomic E-state index is 0.199. The number of aliphatic hydroxyl groups excluding tert-OH is 1. The van der Waals surface area contributed by atoms with Crippen LogP contribution in [0.25, 0.3) is 0 Å². The first-order valence-electron chi connectivity index (χ1n) is 12.7. The second kappa shape index (κ2) is 11.9. The first-order chi connectivity index (χ1) is 17.8. The van der Waals surface area contributed by atoms with E-state index >= 15 is 0 Å². The van der Waals surface area contributed by atoms with Crippen LogP contribution in [-0.4, -0.2) is 72.8 Å². The molecule has 2 aromatic rings. The van der Waals surface area contributed by atoms with Crippen molar-refractivity contribution in [3.63, 3.8) is 0 Å². The van der Waals surface area contributed by atoms with Gasteiger partial charge >= 0.3 is 0 Å². The van der Waals surface area contributed by atoms with Gasteiger partial charge in [0.05, 0.1) is 25.9 Å². The van der Waals surface area contributed by atoms with E-state index in [-0.39, 0.29) is 12.2 Å². The number of methoxy groups -OCH3 is 1. The Morgan fingerprint density at radius 1 is 1.05 bits per heavy atom. The van der Waals surface area contributed by atoms with Crippen molar-refractivity contribution in [3.05, 3.63) is 65.7 Å². The summed E-state index contributed by atoms with van der Waals surface area (Å²) in [5, 5.41) is 19.0. The number of ether oxygens (including phenoxy) is 2. The van der Waals surface area contributed by atoms with Crippen molar-refractivity contribution in [1.82, 2.24) is 16.0 Å². The van der Waals surface area contributed by atoms with E-state index in [4.69, 9.17) is 9.47 Å². The second-order valence-electron chi connectivity index (χ2n) is 9.89. The standard InChI is InChI=1S/C28H35N3O6/c1-28(17-37-28)25(33)21(15-18-7-4-3-5-8-18)30-26(34)22(16-19-10-12-20(36-2)13-11-19)31-27(35)24-23(32)9-6-14-29-24/h3-5,7-8,10-13,21-24,29,32H,6,9,14-17H2,1-2H3,(H,30,34)(H,31,35)/t21-,22-,23-,24-,28+/m0/s1. The Morgan fingerprint density at radius 2 is 1.70 bits per heavy atom. The molecule has 0 bridgehead atoms. The average molecular weight is 510 g/mol. The number of rotatable bonds is 11. The van der Waals surface area contributed by atoms with Gasteiger partial charge in [-0.05, 0) is 56.0 Å². The van der Waals surface area contributed by atoms with Crippen molar-refractivity contribution in [1.29, 1.82) is 0 Å². The first-order valence-corrected chi connectivity index (χ1v) is 12.7. The molecule has 2 amide bonds. The van der Waals surface area contributed by atoms with Crippen molar-refractivity contribution in [2.45, 2.75) is 62.4 Å². The van der Waals surface area contributed by atoms with Gasteiger partial charge in [0.2, 0.25) is 11.8 Å². The van der Waals surface area contributed by atoms with Crippen molar-refractivity contribution in [2.24, 2.45) is 0 Å². The topological polar surface area (TPSA) is 129 Å². The zero-order chi connectivity index (χ0) is 26.4. The summed E-state index contributed by atoms with van der Waals surface area (Å²) in [6.45, 7) is 2.63. The molecule has 9 heteroatoms. The minimum atomic E-state index is -0.962. The minimum Gasteiger partial charge on any atom is -0.497 e. The molecule has 198 valence electrons. The Kier molecular flexibility index (Phi) is 8.58. The number of Topliss-reactive ketones (excluding diaryl/α,β-unsaturated/α-hetero) is 1. The normalized spacial score (nSPS) is 24.4. The lowest BCUT2D eigenvalue weighted by Crippen LogP contribution is -2.60. The summed E-state index contributed by atoms with van der Waals surface area (Å²) in [4.78, 5) is 39.9. The molecule has 0 aromatic heterocycles. The zero-order valence-corrected chi connectivity index (χ0v) is 21.2. The number of ketones is 1. The lowest BCUT2D eigenvalue weighted by molar-refractivity contribution is -0.134. The number of aliphatic hydroxyl groups is 1. The van der Waals surface area contributed by atoms with Gasteiger partial charge in [0.25, 0.3) is 0 Å². The number of carbonyl (C=O) groups is 3. The molecule has 2 aromatic carbocycles. The third-order valence-electron chi connectivity index (χ3n) is 6.95. The van der Waals surface area contributed by atoms with E-state index in [1.165, 1.54) is 0 Å². The average Bonchev–Trinajstić information content (AvgIpc) is 3.67. The monoisotopic (exact) mass is 509 g/mol. The highest BCUT2D eigenvalue weighted by atomic mass is 16.6. The summed E-state index contributed by atoms with van der Waals surface area (Å²) in [6.07, 6.45) is 0.941. The highest BCUT2D eigenvalue weighted by molar-refractivity contribution is 5.98. The maximum Gasteiger partial charge on any atom is 0.243 e. The predicted octanol–water partition coefficient (Wildman–Crippen LogP) is 0.921. The van der Waals surface area contributed by atoms with Crippen LogP contribution in [0.15, 0.2) is 54.6 Å². The van der Waals surface area contributed by atoms with Gasteiger partial charge in [-0.25, -0.2) is 0 Å². The van der Waals surface area contributed by atoms with E-state index in [2.05, 4.69) is 16.0 Å². The molecule has 0 aliphatic carbocycles. The summed E-state index contributed by atoms with van der Waals surface area (Å²) in [5.74, 6) is -0.463. The maximum atomic E-state index is 13.6. The molecule has 0 spiro atoms.